The van der Waals surface area contributed by atoms with Gasteiger partial charge in [-0.1, -0.05) is 13.8 Å². The first kappa shape index (κ1) is 16.7. The lowest BCUT2D eigenvalue weighted by Crippen LogP contribution is -2.25. The number of nitrogens with one attached hydrogen (secondary N) is 1. The summed E-state index contributed by atoms with van der Waals surface area (Å²) in [5.41, 5.74) is 1.72. The van der Waals surface area contributed by atoms with Crippen LogP contribution in [0.3, 0.4) is 0 Å². The predicted octanol–water partition coefficient (Wildman–Crippen LogP) is 4.30. The number of rotatable bonds is 8. The molecule has 1 aromatic heterocycles. The van der Waals surface area contributed by atoms with E-state index in [0.717, 1.165) is 37.1 Å². The van der Waals surface area contributed by atoms with E-state index in [1.165, 1.54) is 18.6 Å². The quantitative estimate of drug-likeness (QED) is 0.788. The number of benzene rings is 1. The first-order valence-corrected chi connectivity index (χ1v) is 8.17. The topological polar surface area (TPSA) is 28.2 Å². The molecule has 0 radical (unpaired) electrons. The van der Waals surface area contributed by atoms with Crippen molar-refractivity contribution in [3.63, 3.8) is 0 Å². The summed E-state index contributed by atoms with van der Waals surface area (Å²) >= 11 is 0. The molecule has 1 atom stereocenters. The number of fused-ring (bicyclic) bond motifs is 1. The molecule has 0 fully saturated rings. The molecule has 120 valence electrons. The van der Waals surface area contributed by atoms with Crippen molar-refractivity contribution in [2.24, 2.45) is 0 Å². The van der Waals surface area contributed by atoms with E-state index in [0.29, 0.717) is 11.6 Å². The van der Waals surface area contributed by atoms with Gasteiger partial charge in [-0.15, -0.1) is 0 Å². The van der Waals surface area contributed by atoms with E-state index < -0.39 is 0 Å². The third-order valence-corrected chi connectivity index (χ3v) is 4.11. The van der Waals surface area contributed by atoms with Crippen LogP contribution < -0.4 is 5.32 Å². The van der Waals surface area contributed by atoms with E-state index in [1.807, 2.05) is 6.07 Å². The molecule has 0 saturated heterocycles. The van der Waals surface area contributed by atoms with Crippen LogP contribution in [0.4, 0.5) is 10.1 Å². The summed E-state index contributed by atoms with van der Waals surface area (Å²) in [4.78, 5) is 6.67. The van der Waals surface area contributed by atoms with Gasteiger partial charge < -0.3 is 10.2 Å². The van der Waals surface area contributed by atoms with Gasteiger partial charge in [0.1, 0.15) is 5.82 Å². The molecule has 0 aliphatic heterocycles. The molecule has 0 bridgehead atoms. The number of hydrogen-bond acceptors (Lipinski definition) is 3. The average Bonchev–Trinajstić information content (AvgIpc) is 2.51. The van der Waals surface area contributed by atoms with Crippen molar-refractivity contribution in [3.8, 4) is 0 Å². The van der Waals surface area contributed by atoms with E-state index in [4.69, 9.17) is 0 Å². The van der Waals surface area contributed by atoms with Crippen LogP contribution in [-0.2, 0) is 0 Å². The summed E-state index contributed by atoms with van der Waals surface area (Å²) in [5, 5.41) is 4.50. The Labute approximate surface area is 132 Å². The summed E-state index contributed by atoms with van der Waals surface area (Å²) in [5.74, 6) is -0.246. The van der Waals surface area contributed by atoms with Crippen LogP contribution in [0, 0.1) is 5.82 Å². The molecule has 0 aliphatic carbocycles. The van der Waals surface area contributed by atoms with Crippen molar-refractivity contribution in [1.29, 1.82) is 0 Å². The van der Waals surface area contributed by atoms with E-state index in [2.05, 4.69) is 36.0 Å². The highest BCUT2D eigenvalue weighted by Crippen LogP contribution is 2.23. The fourth-order valence-corrected chi connectivity index (χ4v) is 2.75. The van der Waals surface area contributed by atoms with Crippen LogP contribution >= 0.6 is 0 Å². The zero-order chi connectivity index (χ0) is 15.9. The van der Waals surface area contributed by atoms with E-state index in [-0.39, 0.29) is 5.82 Å². The molecule has 1 N–H and O–H groups in total. The number of nitrogens with zero attached hydrogens (tertiary/aromatic N) is 2. The summed E-state index contributed by atoms with van der Waals surface area (Å²) in [6, 6.07) is 7.10. The lowest BCUT2D eigenvalue weighted by Gasteiger charge is -2.20. The molecule has 0 saturated carbocycles. The van der Waals surface area contributed by atoms with Gasteiger partial charge in [-0.2, -0.15) is 0 Å². The monoisotopic (exact) mass is 303 g/mol. The molecular formula is C18H26FN3. The largest absolute Gasteiger partial charge is 0.382 e. The normalized spacial score (nSPS) is 12.8. The summed E-state index contributed by atoms with van der Waals surface area (Å²) in [6.07, 6.45) is 4.02. The number of hydrogen-bond donors (Lipinski definition) is 1. The van der Waals surface area contributed by atoms with Gasteiger partial charge in [-0.3, -0.25) is 4.98 Å². The van der Waals surface area contributed by atoms with Crippen LogP contribution in [0.1, 0.15) is 33.6 Å². The molecule has 0 spiro atoms. The zero-order valence-corrected chi connectivity index (χ0v) is 13.8. The Bertz CT molecular complexity index is 596. The van der Waals surface area contributed by atoms with Gasteiger partial charge in [0, 0.05) is 29.4 Å². The number of halogens is 1. The van der Waals surface area contributed by atoms with Crippen LogP contribution in [0.2, 0.25) is 0 Å². The van der Waals surface area contributed by atoms with Crippen molar-refractivity contribution in [1.82, 2.24) is 9.88 Å². The van der Waals surface area contributed by atoms with Crippen LogP contribution in [0.5, 0.6) is 0 Å². The lowest BCUT2D eigenvalue weighted by molar-refractivity contribution is 0.295. The molecule has 3 nitrogen and oxygen atoms in total. The van der Waals surface area contributed by atoms with Gasteiger partial charge in [0.25, 0.3) is 0 Å². The Morgan fingerprint density at radius 3 is 2.73 bits per heavy atom. The molecule has 4 heteroatoms. The Kier molecular flexibility index (Phi) is 6.13. The minimum absolute atomic E-state index is 0.246. The molecule has 0 amide bonds. The zero-order valence-electron chi connectivity index (χ0n) is 13.8. The first-order valence-electron chi connectivity index (χ1n) is 8.17. The minimum atomic E-state index is -0.246. The number of aromatic nitrogens is 1. The van der Waals surface area contributed by atoms with Gasteiger partial charge in [-0.05, 0) is 57.6 Å². The van der Waals surface area contributed by atoms with E-state index in [1.54, 1.807) is 12.3 Å². The summed E-state index contributed by atoms with van der Waals surface area (Å²) < 4.78 is 13.3. The molecule has 2 aromatic rings. The first-order chi connectivity index (χ1) is 10.6. The predicted molar refractivity (Wildman–Crippen MR) is 91.8 cm³/mol. The molecule has 22 heavy (non-hydrogen) atoms. The highest BCUT2D eigenvalue weighted by atomic mass is 19.1. The fraction of sp³-hybridized carbons (Fsp3) is 0.500. The second-order valence-corrected chi connectivity index (χ2v) is 5.73. The molecular weight excluding hydrogens is 277 g/mol. The fourth-order valence-electron chi connectivity index (χ4n) is 2.75. The maximum Gasteiger partial charge on any atom is 0.125 e. The van der Waals surface area contributed by atoms with Gasteiger partial charge in [0.2, 0.25) is 0 Å². The van der Waals surface area contributed by atoms with Crippen molar-refractivity contribution in [3.05, 3.63) is 36.3 Å². The maximum atomic E-state index is 13.3. The average molecular weight is 303 g/mol. The Hall–Kier alpha value is -1.68. The molecule has 1 aromatic carbocycles. The van der Waals surface area contributed by atoms with Gasteiger partial charge in [0.05, 0.1) is 5.52 Å². The Morgan fingerprint density at radius 2 is 2.00 bits per heavy atom. The minimum Gasteiger partial charge on any atom is -0.382 e. The third kappa shape index (κ3) is 4.41. The maximum absolute atomic E-state index is 13.3. The highest BCUT2D eigenvalue weighted by molar-refractivity contribution is 5.91. The lowest BCUT2D eigenvalue weighted by atomic mass is 10.1. The Morgan fingerprint density at radius 1 is 1.23 bits per heavy atom. The van der Waals surface area contributed by atoms with Crippen LogP contribution in [0.15, 0.2) is 30.5 Å². The van der Waals surface area contributed by atoms with Gasteiger partial charge in [-0.25, -0.2) is 4.39 Å². The second-order valence-electron chi connectivity index (χ2n) is 5.73. The molecule has 1 heterocycles. The Balaban J connectivity index is 1.95. The highest BCUT2D eigenvalue weighted by Gasteiger charge is 2.07. The summed E-state index contributed by atoms with van der Waals surface area (Å²) in [7, 11) is 0. The van der Waals surface area contributed by atoms with Crippen molar-refractivity contribution >= 4 is 16.6 Å². The molecule has 2 rings (SSSR count). The van der Waals surface area contributed by atoms with E-state index in [9.17, 15) is 4.39 Å². The van der Waals surface area contributed by atoms with Crippen molar-refractivity contribution in [2.75, 3.05) is 25.0 Å². The van der Waals surface area contributed by atoms with Crippen molar-refractivity contribution in [2.45, 2.75) is 39.7 Å². The molecule has 0 unspecified atom stereocenters. The van der Waals surface area contributed by atoms with Crippen molar-refractivity contribution < 1.29 is 4.39 Å². The smallest absolute Gasteiger partial charge is 0.125 e. The summed E-state index contributed by atoms with van der Waals surface area (Å²) in [6.45, 7) is 9.96. The standard InChI is InChI=1S/C18H26FN3/c1-4-22(5-2)12-6-7-14(3)21-17-10-11-20-18-13-15(19)8-9-16(17)18/h8-11,13-14H,4-7,12H2,1-3H3,(H,20,21)/t14-/m1/s1. The van der Waals surface area contributed by atoms with Crippen LogP contribution in [-0.4, -0.2) is 35.6 Å². The van der Waals surface area contributed by atoms with E-state index >= 15 is 0 Å². The third-order valence-electron chi connectivity index (χ3n) is 4.11. The second kappa shape index (κ2) is 8.08. The SMILES string of the molecule is CCN(CC)CCC[C@@H](C)Nc1ccnc2cc(F)ccc12. The number of anilines is 1. The molecule has 0 aliphatic rings. The van der Waals surface area contributed by atoms with Gasteiger partial charge in [0.15, 0.2) is 0 Å². The van der Waals surface area contributed by atoms with Gasteiger partial charge >= 0.3 is 0 Å². The number of pyridine rings is 1. The van der Waals surface area contributed by atoms with Crippen LogP contribution in [0.25, 0.3) is 10.9 Å².